The summed E-state index contributed by atoms with van der Waals surface area (Å²) in [6.07, 6.45) is 1.41. The van der Waals surface area contributed by atoms with Crippen molar-refractivity contribution >= 4 is 58.2 Å². The lowest BCUT2D eigenvalue weighted by Crippen LogP contribution is -2.38. The number of rotatable bonds is 8. The van der Waals surface area contributed by atoms with Crippen LogP contribution in [-0.2, 0) is 19.1 Å². The number of hydrogen-bond acceptors (Lipinski definition) is 7. The minimum atomic E-state index is -0.792. The van der Waals surface area contributed by atoms with Gasteiger partial charge in [-0.2, -0.15) is 0 Å². The zero-order chi connectivity index (χ0) is 24.8. The number of carbonyl (C=O) groups is 4. The summed E-state index contributed by atoms with van der Waals surface area (Å²) in [6, 6.07) is 7.94. The Morgan fingerprint density at radius 2 is 1.94 bits per heavy atom. The molecule has 0 unspecified atom stereocenters. The third kappa shape index (κ3) is 5.81. The van der Waals surface area contributed by atoms with Gasteiger partial charge in [0.25, 0.3) is 5.91 Å². The molecule has 0 saturated carbocycles. The molecule has 3 rings (SSSR count). The van der Waals surface area contributed by atoms with E-state index >= 15 is 0 Å². The van der Waals surface area contributed by atoms with E-state index in [0.717, 1.165) is 0 Å². The molecular formula is C22H19FIN3O7. The van der Waals surface area contributed by atoms with Gasteiger partial charge in [-0.1, -0.05) is 12.1 Å². The van der Waals surface area contributed by atoms with Gasteiger partial charge in [-0.05, 0) is 58.5 Å². The number of benzene rings is 2. The number of esters is 1. The summed E-state index contributed by atoms with van der Waals surface area (Å²) >= 11 is 1.97. The molecular weight excluding hydrogens is 564 g/mol. The van der Waals surface area contributed by atoms with Crippen LogP contribution in [0.15, 0.2) is 42.1 Å². The van der Waals surface area contributed by atoms with E-state index in [1.54, 1.807) is 12.1 Å². The fraction of sp³-hybridized carbons (Fsp3) is 0.182. The van der Waals surface area contributed by atoms with Gasteiger partial charge < -0.3 is 24.8 Å². The normalized spacial score (nSPS) is 14.1. The van der Waals surface area contributed by atoms with Crippen molar-refractivity contribution in [3.63, 3.8) is 0 Å². The number of anilines is 1. The fourth-order valence-electron chi connectivity index (χ4n) is 2.93. The number of para-hydroxylation sites is 1. The van der Waals surface area contributed by atoms with Crippen LogP contribution in [0.3, 0.4) is 0 Å². The maximum atomic E-state index is 13.7. The number of methoxy groups -OCH3 is 2. The largest absolute Gasteiger partial charge is 0.493 e. The third-order valence-corrected chi connectivity index (χ3v) is 5.34. The summed E-state index contributed by atoms with van der Waals surface area (Å²) in [4.78, 5) is 49.3. The summed E-state index contributed by atoms with van der Waals surface area (Å²) in [5.74, 6) is -2.07. The second-order valence-electron chi connectivity index (χ2n) is 6.81. The van der Waals surface area contributed by atoms with E-state index in [0.29, 0.717) is 25.5 Å². The van der Waals surface area contributed by atoms with E-state index in [4.69, 9.17) is 9.47 Å². The van der Waals surface area contributed by atoms with E-state index in [1.165, 1.54) is 44.6 Å². The topological polar surface area (TPSA) is 123 Å². The molecule has 1 heterocycles. The highest BCUT2D eigenvalue weighted by molar-refractivity contribution is 14.1. The first-order chi connectivity index (χ1) is 16.2. The predicted octanol–water partition coefficient (Wildman–Crippen LogP) is 2.52. The average Bonchev–Trinajstić information content (AvgIpc) is 3.06. The highest BCUT2D eigenvalue weighted by Crippen LogP contribution is 2.34. The molecule has 0 aromatic heterocycles. The Balaban J connectivity index is 1.75. The first kappa shape index (κ1) is 25.0. The molecule has 0 aliphatic carbocycles. The number of hydrogen-bond donors (Lipinski definition) is 2. The van der Waals surface area contributed by atoms with Crippen molar-refractivity contribution in [2.75, 3.05) is 32.7 Å². The number of nitrogens with one attached hydrogen (secondary N) is 2. The average molecular weight is 583 g/mol. The van der Waals surface area contributed by atoms with E-state index in [-0.39, 0.29) is 18.0 Å². The molecule has 12 heteroatoms. The van der Waals surface area contributed by atoms with Crippen LogP contribution in [0, 0.1) is 9.39 Å². The van der Waals surface area contributed by atoms with Crippen molar-refractivity contribution in [3.05, 3.63) is 57.0 Å². The molecule has 1 fully saturated rings. The second kappa shape index (κ2) is 11.0. The van der Waals surface area contributed by atoms with Crippen molar-refractivity contribution in [1.82, 2.24) is 10.2 Å². The Bertz CT molecular complexity index is 1190. The molecule has 1 saturated heterocycles. The van der Waals surface area contributed by atoms with Crippen molar-refractivity contribution in [1.29, 1.82) is 0 Å². The Kier molecular flexibility index (Phi) is 8.04. The van der Waals surface area contributed by atoms with Crippen LogP contribution < -0.4 is 20.1 Å². The Labute approximate surface area is 207 Å². The van der Waals surface area contributed by atoms with Gasteiger partial charge in [0.1, 0.15) is 18.1 Å². The maximum absolute atomic E-state index is 13.7. The summed E-state index contributed by atoms with van der Waals surface area (Å²) in [5, 5.41) is 4.73. The van der Waals surface area contributed by atoms with Gasteiger partial charge in [-0.25, -0.2) is 18.9 Å². The van der Waals surface area contributed by atoms with Crippen molar-refractivity contribution in [2.45, 2.75) is 0 Å². The van der Waals surface area contributed by atoms with Crippen LogP contribution in [0.4, 0.5) is 14.9 Å². The molecule has 1 aliphatic rings. The molecule has 2 aromatic carbocycles. The Morgan fingerprint density at radius 3 is 2.62 bits per heavy atom. The summed E-state index contributed by atoms with van der Waals surface area (Å²) < 4.78 is 29.6. The summed E-state index contributed by atoms with van der Waals surface area (Å²) in [7, 11) is 2.65. The minimum absolute atomic E-state index is 0.0634. The number of nitrogens with zero attached hydrogens (tertiary/aromatic N) is 1. The van der Waals surface area contributed by atoms with Crippen LogP contribution in [0.5, 0.6) is 11.5 Å². The molecule has 0 spiro atoms. The lowest BCUT2D eigenvalue weighted by atomic mass is 10.1. The molecule has 0 bridgehead atoms. The van der Waals surface area contributed by atoms with Gasteiger partial charge in [-0.3, -0.25) is 9.59 Å². The van der Waals surface area contributed by atoms with Crippen LogP contribution in [-0.4, -0.2) is 56.1 Å². The number of halogens is 2. The number of amides is 4. The first-order valence-electron chi connectivity index (χ1n) is 9.69. The number of imide groups is 1. The van der Waals surface area contributed by atoms with Crippen LogP contribution >= 0.6 is 22.6 Å². The molecule has 178 valence electrons. The van der Waals surface area contributed by atoms with Crippen LogP contribution in [0.25, 0.3) is 6.08 Å². The summed E-state index contributed by atoms with van der Waals surface area (Å²) in [5.41, 5.74) is 0.365. The predicted molar refractivity (Wildman–Crippen MR) is 126 cm³/mol. The van der Waals surface area contributed by atoms with Gasteiger partial charge in [0.05, 0.1) is 23.5 Å². The number of urea groups is 1. The molecule has 34 heavy (non-hydrogen) atoms. The van der Waals surface area contributed by atoms with Crippen molar-refractivity contribution in [3.8, 4) is 11.5 Å². The third-order valence-electron chi connectivity index (χ3n) is 4.54. The Morgan fingerprint density at radius 1 is 1.21 bits per heavy atom. The lowest BCUT2D eigenvalue weighted by Gasteiger charge is -2.13. The highest BCUT2D eigenvalue weighted by Gasteiger charge is 2.35. The van der Waals surface area contributed by atoms with Gasteiger partial charge in [0.2, 0.25) is 5.91 Å². The minimum Gasteiger partial charge on any atom is -0.493 e. The number of ether oxygens (including phenoxy) is 3. The quantitative estimate of drug-likeness (QED) is 0.212. The molecule has 1 aliphatic heterocycles. The molecule has 10 nitrogen and oxygen atoms in total. The fourth-order valence-corrected chi connectivity index (χ4v) is 3.71. The van der Waals surface area contributed by atoms with Crippen molar-refractivity contribution < 1.29 is 37.8 Å². The molecule has 4 amide bonds. The maximum Gasteiger partial charge on any atom is 0.343 e. The molecule has 2 N–H and O–H groups in total. The van der Waals surface area contributed by atoms with Crippen LogP contribution in [0.1, 0.15) is 5.56 Å². The Hall–Kier alpha value is -3.68. The highest BCUT2D eigenvalue weighted by atomic mass is 127. The molecule has 0 atom stereocenters. The van der Waals surface area contributed by atoms with E-state index in [2.05, 4.69) is 15.4 Å². The smallest absolute Gasteiger partial charge is 0.343 e. The van der Waals surface area contributed by atoms with E-state index in [1.807, 2.05) is 22.6 Å². The number of carbonyl (C=O) groups excluding carboxylic acids is 4. The van der Waals surface area contributed by atoms with Crippen LogP contribution in [0.2, 0.25) is 0 Å². The van der Waals surface area contributed by atoms with Gasteiger partial charge in [-0.15, -0.1) is 0 Å². The van der Waals surface area contributed by atoms with E-state index < -0.39 is 36.2 Å². The SMILES string of the molecule is COC(=O)COc1c(I)cc(/C=C2/NC(=O)N(CC(=O)Nc3ccccc3F)C2=O)cc1OC. The zero-order valence-corrected chi connectivity index (χ0v) is 20.2. The van der Waals surface area contributed by atoms with Gasteiger partial charge in [0, 0.05) is 0 Å². The monoisotopic (exact) mass is 583 g/mol. The molecule has 2 aromatic rings. The lowest BCUT2D eigenvalue weighted by molar-refractivity contribution is -0.143. The first-order valence-corrected chi connectivity index (χ1v) is 10.8. The van der Waals surface area contributed by atoms with E-state index in [9.17, 15) is 23.6 Å². The molecule has 0 radical (unpaired) electrons. The summed E-state index contributed by atoms with van der Waals surface area (Å²) in [6.45, 7) is -0.917. The standard InChI is InChI=1S/C22H19FIN3O7/c1-32-17-9-12(7-14(24)20(17)34-11-19(29)33-2)8-16-21(30)27(22(31)26-16)10-18(28)25-15-6-4-3-5-13(15)23/h3-9H,10-11H2,1-2H3,(H,25,28)(H,26,31)/b16-8+. The zero-order valence-electron chi connectivity index (χ0n) is 18.0. The van der Waals surface area contributed by atoms with Crippen molar-refractivity contribution in [2.24, 2.45) is 0 Å². The second-order valence-corrected chi connectivity index (χ2v) is 7.97. The van der Waals surface area contributed by atoms with Gasteiger partial charge >= 0.3 is 12.0 Å². The van der Waals surface area contributed by atoms with Gasteiger partial charge in [0.15, 0.2) is 18.1 Å².